The lowest BCUT2D eigenvalue weighted by Crippen LogP contribution is -2.45. The first-order valence-electron chi connectivity index (χ1n) is 6.39. The number of hydrogen-bond acceptors (Lipinski definition) is 3. The van der Waals surface area contributed by atoms with E-state index in [1.807, 2.05) is 0 Å². The Kier molecular flexibility index (Phi) is 5.22. The molecule has 0 saturated heterocycles. The molecule has 1 saturated carbocycles. The smallest absolute Gasteiger partial charge is 0.0626 e. The predicted molar refractivity (Wildman–Crippen MR) is 68.5 cm³/mol. The van der Waals surface area contributed by atoms with E-state index in [0.29, 0.717) is 12.0 Å². The number of hydrogen-bond donors (Lipinski definition) is 1. The van der Waals surface area contributed by atoms with Crippen molar-refractivity contribution >= 4 is 0 Å². The van der Waals surface area contributed by atoms with Crippen molar-refractivity contribution in [3.8, 4) is 0 Å². The summed E-state index contributed by atoms with van der Waals surface area (Å²) >= 11 is 0. The van der Waals surface area contributed by atoms with Crippen molar-refractivity contribution in [2.45, 2.75) is 51.6 Å². The van der Waals surface area contributed by atoms with Gasteiger partial charge in [0.15, 0.2) is 0 Å². The van der Waals surface area contributed by atoms with E-state index in [1.165, 1.54) is 25.7 Å². The van der Waals surface area contributed by atoms with Crippen molar-refractivity contribution in [2.24, 2.45) is 11.1 Å². The predicted octanol–water partition coefficient (Wildman–Crippen LogP) is 1.86. The maximum atomic E-state index is 5.98. The fraction of sp³-hybridized carbons (Fsp3) is 1.00. The molecule has 0 heterocycles. The van der Waals surface area contributed by atoms with Gasteiger partial charge in [-0.15, -0.1) is 0 Å². The van der Waals surface area contributed by atoms with Crippen molar-refractivity contribution in [1.29, 1.82) is 0 Å². The quantitative estimate of drug-likeness (QED) is 0.780. The first-order valence-corrected chi connectivity index (χ1v) is 6.39. The van der Waals surface area contributed by atoms with Crippen LogP contribution in [0.2, 0.25) is 0 Å². The van der Waals surface area contributed by atoms with Crippen LogP contribution in [0.5, 0.6) is 0 Å². The number of rotatable bonds is 5. The molecule has 0 aromatic heterocycles. The van der Waals surface area contributed by atoms with E-state index in [0.717, 1.165) is 12.6 Å². The van der Waals surface area contributed by atoms with E-state index in [-0.39, 0.29) is 6.04 Å². The lowest BCUT2D eigenvalue weighted by molar-refractivity contribution is 0.105. The summed E-state index contributed by atoms with van der Waals surface area (Å²) in [6.07, 6.45) is 5.29. The van der Waals surface area contributed by atoms with Gasteiger partial charge in [-0.1, -0.05) is 13.8 Å². The van der Waals surface area contributed by atoms with Gasteiger partial charge < -0.3 is 15.4 Å². The molecule has 16 heavy (non-hydrogen) atoms. The second-order valence-corrected chi connectivity index (χ2v) is 6.05. The molecule has 1 fully saturated rings. The Hall–Kier alpha value is -0.120. The standard InChI is InChI=1S/C13H28N2O/c1-13(2)7-5-12(6-8-13)15(3)9-11(14)10-16-4/h11-12H,5-10,14H2,1-4H3. The van der Waals surface area contributed by atoms with E-state index in [4.69, 9.17) is 10.5 Å². The summed E-state index contributed by atoms with van der Waals surface area (Å²) in [6.45, 7) is 6.35. The Morgan fingerprint density at radius 1 is 1.38 bits per heavy atom. The molecule has 1 unspecified atom stereocenters. The van der Waals surface area contributed by atoms with Gasteiger partial charge in [-0.05, 0) is 38.1 Å². The topological polar surface area (TPSA) is 38.5 Å². The third kappa shape index (κ3) is 4.40. The van der Waals surface area contributed by atoms with E-state index in [1.54, 1.807) is 7.11 Å². The Morgan fingerprint density at radius 3 is 2.44 bits per heavy atom. The average molecular weight is 228 g/mol. The number of methoxy groups -OCH3 is 1. The monoisotopic (exact) mass is 228 g/mol. The highest BCUT2D eigenvalue weighted by atomic mass is 16.5. The van der Waals surface area contributed by atoms with Crippen molar-refractivity contribution in [3.05, 3.63) is 0 Å². The molecule has 96 valence electrons. The van der Waals surface area contributed by atoms with Gasteiger partial charge in [-0.2, -0.15) is 0 Å². The van der Waals surface area contributed by atoms with Gasteiger partial charge in [-0.25, -0.2) is 0 Å². The van der Waals surface area contributed by atoms with Crippen LogP contribution >= 0.6 is 0 Å². The molecule has 0 spiro atoms. The van der Waals surface area contributed by atoms with Gasteiger partial charge in [0.1, 0.15) is 0 Å². The number of nitrogens with zero attached hydrogens (tertiary/aromatic N) is 1. The molecule has 0 radical (unpaired) electrons. The van der Waals surface area contributed by atoms with E-state index < -0.39 is 0 Å². The molecule has 1 aliphatic carbocycles. The van der Waals surface area contributed by atoms with Gasteiger partial charge in [-0.3, -0.25) is 0 Å². The highest BCUT2D eigenvalue weighted by Gasteiger charge is 2.29. The summed E-state index contributed by atoms with van der Waals surface area (Å²) in [5, 5.41) is 0. The summed E-state index contributed by atoms with van der Waals surface area (Å²) in [6, 6.07) is 0.862. The summed E-state index contributed by atoms with van der Waals surface area (Å²) < 4.78 is 5.07. The first kappa shape index (κ1) is 13.9. The molecule has 3 nitrogen and oxygen atoms in total. The van der Waals surface area contributed by atoms with Crippen LogP contribution in [-0.4, -0.2) is 44.3 Å². The van der Waals surface area contributed by atoms with E-state index >= 15 is 0 Å². The Labute approximate surface area is 100 Å². The Bertz CT molecular complexity index is 196. The zero-order valence-electron chi connectivity index (χ0n) is 11.3. The SMILES string of the molecule is COCC(N)CN(C)C1CCC(C)(C)CC1. The van der Waals surface area contributed by atoms with Crippen LogP contribution < -0.4 is 5.73 Å². The third-order valence-electron chi connectivity index (χ3n) is 3.84. The van der Waals surface area contributed by atoms with Crippen LogP contribution in [0.25, 0.3) is 0 Å². The summed E-state index contributed by atoms with van der Waals surface area (Å²) in [5.41, 5.74) is 6.53. The van der Waals surface area contributed by atoms with Crippen molar-refractivity contribution in [3.63, 3.8) is 0 Å². The van der Waals surface area contributed by atoms with Crippen LogP contribution in [0.3, 0.4) is 0 Å². The van der Waals surface area contributed by atoms with Gasteiger partial charge in [0.2, 0.25) is 0 Å². The average Bonchev–Trinajstić information content (AvgIpc) is 2.17. The minimum absolute atomic E-state index is 0.143. The zero-order valence-corrected chi connectivity index (χ0v) is 11.3. The van der Waals surface area contributed by atoms with Crippen LogP contribution in [0.1, 0.15) is 39.5 Å². The van der Waals surface area contributed by atoms with Crippen LogP contribution in [0, 0.1) is 5.41 Å². The van der Waals surface area contributed by atoms with Crippen LogP contribution in [-0.2, 0) is 4.74 Å². The third-order valence-corrected chi connectivity index (χ3v) is 3.84. The molecule has 2 N–H and O–H groups in total. The number of nitrogens with two attached hydrogens (primary N) is 1. The molecule has 1 atom stereocenters. The van der Waals surface area contributed by atoms with E-state index in [9.17, 15) is 0 Å². The molecular weight excluding hydrogens is 200 g/mol. The second kappa shape index (κ2) is 5.99. The number of ether oxygens (including phenoxy) is 1. The molecule has 0 bridgehead atoms. The molecule has 1 rings (SSSR count). The highest BCUT2D eigenvalue weighted by molar-refractivity contribution is 4.83. The molecule has 0 aromatic rings. The minimum atomic E-state index is 0.143. The molecule has 0 aromatic carbocycles. The van der Waals surface area contributed by atoms with Gasteiger partial charge >= 0.3 is 0 Å². The van der Waals surface area contributed by atoms with Crippen molar-refractivity contribution in [1.82, 2.24) is 4.90 Å². The van der Waals surface area contributed by atoms with Gasteiger partial charge in [0.25, 0.3) is 0 Å². The molecule has 0 aliphatic heterocycles. The lowest BCUT2D eigenvalue weighted by Gasteiger charge is -2.39. The Balaban J connectivity index is 2.30. The first-order chi connectivity index (χ1) is 7.44. The zero-order chi connectivity index (χ0) is 12.2. The normalized spacial score (nSPS) is 23.6. The van der Waals surface area contributed by atoms with Gasteiger partial charge in [0, 0.05) is 25.7 Å². The van der Waals surface area contributed by atoms with Crippen LogP contribution in [0.4, 0.5) is 0 Å². The molecule has 0 amide bonds. The second-order valence-electron chi connectivity index (χ2n) is 6.05. The fourth-order valence-corrected chi connectivity index (χ4v) is 2.61. The largest absolute Gasteiger partial charge is 0.383 e. The van der Waals surface area contributed by atoms with Crippen molar-refractivity contribution in [2.75, 3.05) is 27.3 Å². The number of likely N-dealkylation sites (N-methyl/N-ethyl adjacent to an activating group) is 1. The summed E-state index contributed by atoms with van der Waals surface area (Å²) in [7, 11) is 3.90. The maximum Gasteiger partial charge on any atom is 0.0626 e. The highest BCUT2D eigenvalue weighted by Crippen LogP contribution is 2.36. The lowest BCUT2D eigenvalue weighted by atomic mass is 9.75. The van der Waals surface area contributed by atoms with Gasteiger partial charge in [0.05, 0.1) is 6.61 Å². The van der Waals surface area contributed by atoms with E-state index in [2.05, 4.69) is 25.8 Å². The summed E-state index contributed by atoms with van der Waals surface area (Å²) in [4.78, 5) is 2.42. The van der Waals surface area contributed by atoms with Crippen molar-refractivity contribution < 1.29 is 4.74 Å². The fourth-order valence-electron chi connectivity index (χ4n) is 2.61. The molecule has 1 aliphatic rings. The van der Waals surface area contributed by atoms with Crippen LogP contribution in [0.15, 0.2) is 0 Å². The Morgan fingerprint density at radius 2 is 1.94 bits per heavy atom. The minimum Gasteiger partial charge on any atom is -0.383 e. The summed E-state index contributed by atoms with van der Waals surface area (Å²) in [5.74, 6) is 0. The maximum absolute atomic E-state index is 5.98. The molecular formula is C13H28N2O. The molecule has 3 heteroatoms.